The number of hydrogen-bond acceptors (Lipinski definition) is 3. The van der Waals surface area contributed by atoms with Crippen molar-refractivity contribution in [2.24, 2.45) is 0 Å². The summed E-state index contributed by atoms with van der Waals surface area (Å²) in [5, 5.41) is 0. The summed E-state index contributed by atoms with van der Waals surface area (Å²) in [6.07, 6.45) is 3.83. The molecule has 0 aliphatic rings. The van der Waals surface area contributed by atoms with Crippen LogP contribution in [0.1, 0.15) is 13.3 Å². The fourth-order valence-corrected chi connectivity index (χ4v) is 0.479. The molecule has 0 aliphatic carbocycles. The van der Waals surface area contributed by atoms with Crippen LogP contribution in [-0.4, -0.2) is 11.6 Å². The van der Waals surface area contributed by atoms with Gasteiger partial charge in [0.05, 0.1) is 6.61 Å². The Labute approximate surface area is 53.7 Å². The molecule has 0 amide bonds. The number of oxazole rings is 1. The van der Waals surface area contributed by atoms with Crippen LogP contribution < -0.4 is 4.74 Å². The molecule has 1 aromatic rings. The molecule has 0 unspecified atom stereocenters. The minimum absolute atomic E-state index is 0.567. The lowest BCUT2D eigenvalue weighted by Gasteiger charge is -1.95. The molecule has 0 fully saturated rings. The SMILES string of the molecule is CCCOc1cocn1. The van der Waals surface area contributed by atoms with Crippen LogP contribution in [0.3, 0.4) is 0 Å². The van der Waals surface area contributed by atoms with Gasteiger partial charge in [-0.3, -0.25) is 0 Å². The third kappa shape index (κ3) is 1.76. The van der Waals surface area contributed by atoms with Crippen molar-refractivity contribution in [2.45, 2.75) is 13.3 Å². The minimum atomic E-state index is 0.567. The highest BCUT2D eigenvalue weighted by Gasteiger charge is 1.91. The second kappa shape index (κ2) is 3.12. The first-order valence-corrected chi connectivity index (χ1v) is 2.94. The molecule has 3 heteroatoms. The molecule has 1 aromatic heterocycles. The number of ether oxygens (including phenoxy) is 1. The van der Waals surface area contributed by atoms with Gasteiger partial charge in [0.1, 0.15) is 0 Å². The van der Waals surface area contributed by atoms with Crippen molar-refractivity contribution in [1.29, 1.82) is 0 Å². The van der Waals surface area contributed by atoms with Gasteiger partial charge in [0.25, 0.3) is 5.88 Å². The van der Waals surface area contributed by atoms with Crippen molar-refractivity contribution in [3.8, 4) is 5.88 Å². The summed E-state index contributed by atoms with van der Waals surface area (Å²) in [6.45, 7) is 2.74. The third-order valence-electron chi connectivity index (χ3n) is 0.864. The van der Waals surface area contributed by atoms with Gasteiger partial charge in [-0.15, -0.1) is 0 Å². The first-order valence-electron chi connectivity index (χ1n) is 2.94. The molecule has 0 N–H and O–H groups in total. The molecule has 0 radical (unpaired) electrons. The van der Waals surface area contributed by atoms with E-state index in [2.05, 4.69) is 9.40 Å². The molecular weight excluding hydrogens is 118 g/mol. The molecule has 0 aromatic carbocycles. The Morgan fingerprint density at radius 3 is 3.22 bits per heavy atom. The first-order chi connectivity index (χ1) is 4.43. The van der Waals surface area contributed by atoms with E-state index in [0.29, 0.717) is 12.5 Å². The predicted molar refractivity (Wildman–Crippen MR) is 32.3 cm³/mol. The van der Waals surface area contributed by atoms with Gasteiger partial charge in [-0.25, -0.2) is 0 Å². The Kier molecular flexibility index (Phi) is 2.13. The summed E-state index contributed by atoms with van der Waals surface area (Å²) in [6, 6.07) is 0. The fraction of sp³-hybridized carbons (Fsp3) is 0.500. The standard InChI is InChI=1S/C6H9NO2/c1-2-3-9-6-4-8-5-7-6/h4-5H,2-3H2,1H3. The summed E-state index contributed by atoms with van der Waals surface area (Å²) in [4.78, 5) is 3.76. The van der Waals surface area contributed by atoms with E-state index >= 15 is 0 Å². The van der Waals surface area contributed by atoms with Crippen LogP contribution >= 0.6 is 0 Å². The van der Waals surface area contributed by atoms with Gasteiger partial charge in [0, 0.05) is 0 Å². The zero-order valence-corrected chi connectivity index (χ0v) is 5.33. The van der Waals surface area contributed by atoms with Crippen LogP contribution in [0.2, 0.25) is 0 Å². The van der Waals surface area contributed by atoms with Gasteiger partial charge in [-0.2, -0.15) is 4.98 Å². The maximum absolute atomic E-state index is 5.09. The van der Waals surface area contributed by atoms with Crippen LogP contribution in [0.5, 0.6) is 5.88 Å². The molecule has 50 valence electrons. The van der Waals surface area contributed by atoms with Gasteiger partial charge < -0.3 is 9.15 Å². The van der Waals surface area contributed by atoms with E-state index in [-0.39, 0.29) is 0 Å². The smallest absolute Gasteiger partial charge is 0.252 e. The lowest BCUT2D eigenvalue weighted by atomic mass is 10.5. The average Bonchev–Trinajstić information content (AvgIpc) is 2.34. The molecule has 0 atom stereocenters. The molecule has 0 aliphatic heterocycles. The van der Waals surface area contributed by atoms with Crippen molar-refractivity contribution >= 4 is 0 Å². The van der Waals surface area contributed by atoms with Crippen molar-refractivity contribution in [2.75, 3.05) is 6.61 Å². The van der Waals surface area contributed by atoms with Crippen molar-refractivity contribution in [1.82, 2.24) is 4.98 Å². The Morgan fingerprint density at radius 2 is 2.67 bits per heavy atom. The molecule has 0 saturated carbocycles. The Hall–Kier alpha value is -0.990. The lowest BCUT2D eigenvalue weighted by Crippen LogP contribution is -1.93. The number of hydrogen-bond donors (Lipinski definition) is 0. The minimum Gasteiger partial charge on any atom is -0.475 e. The van der Waals surface area contributed by atoms with Gasteiger partial charge in [0.2, 0.25) is 0 Å². The Morgan fingerprint density at radius 1 is 1.78 bits per heavy atom. The van der Waals surface area contributed by atoms with Crippen LogP contribution in [-0.2, 0) is 0 Å². The lowest BCUT2D eigenvalue weighted by molar-refractivity contribution is 0.304. The second-order valence-corrected chi connectivity index (χ2v) is 1.68. The van der Waals surface area contributed by atoms with Crippen LogP contribution in [0.4, 0.5) is 0 Å². The van der Waals surface area contributed by atoms with Crippen LogP contribution in [0.15, 0.2) is 17.1 Å². The normalized spacial score (nSPS) is 9.44. The number of rotatable bonds is 3. The van der Waals surface area contributed by atoms with E-state index in [1.165, 1.54) is 12.7 Å². The van der Waals surface area contributed by atoms with E-state index in [4.69, 9.17) is 4.74 Å². The topological polar surface area (TPSA) is 35.3 Å². The van der Waals surface area contributed by atoms with E-state index in [1.54, 1.807) is 0 Å². The summed E-state index contributed by atoms with van der Waals surface area (Å²) >= 11 is 0. The summed E-state index contributed by atoms with van der Waals surface area (Å²) in [5.41, 5.74) is 0. The molecule has 3 nitrogen and oxygen atoms in total. The van der Waals surface area contributed by atoms with E-state index in [1.807, 2.05) is 6.92 Å². The van der Waals surface area contributed by atoms with Gasteiger partial charge >= 0.3 is 0 Å². The zero-order chi connectivity index (χ0) is 6.53. The van der Waals surface area contributed by atoms with Gasteiger partial charge in [-0.05, 0) is 6.42 Å². The first kappa shape index (κ1) is 6.13. The fourth-order valence-electron chi connectivity index (χ4n) is 0.479. The van der Waals surface area contributed by atoms with Crippen LogP contribution in [0, 0.1) is 0 Å². The molecule has 1 rings (SSSR count). The summed E-state index contributed by atoms with van der Waals surface area (Å²) in [5.74, 6) is 0.567. The third-order valence-corrected chi connectivity index (χ3v) is 0.864. The molecule has 0 spiro atoms. The molecule has 0 bridgehead atoms. The van der Waals surface area contributed by atoms with Gasteiger partial charge in [0.15, 0.2) is 12.7 Å². The molecular formula is C6H9NO2. The predicted octanol–water partition coefficient (Wildman–Crippen LogP) is 1.46. The van der Waals surface area contributed by atoms with Gasteiger partial charge in [-0.1, -0.05) is 6.92 Å². The second-order valence-electron chi connectivity index (χ2n) is 1.68. The Bertz CT molecular complexity index is 148. The zero-order valence-electron chi connectivity index (χ0n) is 5.33. The highest BCUT2D eigenvalue weighted by atomic mass is 16.5. The monoisotopic (exact) mass is 127 g/mol. The van der Waals surface area contributed by atoms with Crippen molar-refractivity contribution < 1.29 is 9.15 Å². The maximum atomic E-state index is 5.09. The largest absolute Gasteiger partial charge is 0.475 e. The summed E-state index contributed by atoms with van der Waals surface area (Å²) < 4.78 is 9.77. The highest BCUT2D eigenvalue weighted by Crippen LogP contribution is 2.03. The molecule has 9 heavy (non-hydrogen) atoms. The average molecular weight is 127 g/mol. The molecule has 0 saturated heterocycles. The van der Waals surface area contributed by atoms with Crippen molar-refractivity contribution in [3.63, 3.8) is 0 Å². The summed E-state index contributed by atoms with van der Waals surface area (Å²) in [7, 11) is 0. The molecule has 1 heterocycles. The highest BCUT2D eigenvalue weighted by molar-refractivity contribution is 4.97. The van der Waals surface area contributed by atoms with Crippen molar-refractivity contribution in [3.05, 3.63) is 12.7 Å². The Balaban J connectivity index is 2.30. The quantitative estimate of drug-likeness (QED) is 0.616. The number of nitrogens with zero attached hydrogens (tertiary/aromatic N) is 1. The number of aromatic nitrogens is 1. The van der Waals surface area contributed by atoms with E-state index in [0.717, 1.165) is 6.42 Å². The maximum Gasteiger partial charge on any atom is 0.252 e. The van der Waals surface area contributed by atoms with E-state index in [9.17, 15) is 0 Å². The van der Waals surface area contributed by atoms with Crippen LogP contribution in [0.25, 0.3) is 0 Å². The van der Waals surface area contributed by atoms with E-state index < -0.39 is 0 Å².